The van der Waals surface area contributed by atoms with Gasteiger partial charge in [0, 0.05) is 19.5 Å². The van der Waals surface area contributed by atoms with E-state index in [0.29, 0.717) is 24.0 Å². The van der Waals surface area contributed by atoms with Crippen molar-refractivity contribution in [3.8, 4) is 5.75 Å². The topological polar surface area (TPSA) is 79.8 Å². The highest BCUT2D eigenvalue weighted by molar-refractivity contribution is 7.91. The molecular weight excluding hydrogens is 446 g/mol. The minimum absolute atomic E-state index is 0.0917. The third-order valence-electron chi connectivity index (χ3n) is 5.13. The summed E-state index contributed by atoms with van der Waals surface area (Å²) in [6, 6.07) is 12.3. The molecule has 3 rings (SSSR count). The monoisotopic (exact) mass is 475 g/mol. The number of methoxy groups -OCH3 is 1. The van der Waals surface area contributed by atoms with Crippen molar-refractivity contribution < 1.29 is 17.9 Å². The number of aromatic nitrogens is 1. The van der Waals surface area contributed by atoms with E-state index in [4.69, 9.17) is 9.72 Å². The number of anilines is 1. The molecule has 0 aliphatic carbocycles. The van der Waals surface area contributed by atoms with Gasteiger partial charge in [0.1, 0.15) is 5.75 Å². The number of hydrogen-bond acceptors (Lipinski definition) is 7. The second kappa shape index (κ2) is 10.4. The van der Waals surface area contributed by atoms with E-state index < -0.39 is 9.84 Å². The first-order chi connectivity index (χ1) is 15.2. The Morgan fingerprint density at radius 2 is 1.81 bits per heavy atom. The number of benzene rings is 2. The maximum Gasteiger partial charge on any atom is 0.228 e. The summed E-state index contributed by atoms with van der Waals surface area (Å²) >= 11 is 1.48. The van der Waals surface area contributed by atoms with Gasteiger partial charge in [0.2, 0.25) is 5.91 Å². The molecule has 7 nitrogen and oxygen atoms in total. The maximum absolute atomic E-state index is 13.1. The second-order valence-electron chi connectivity index (χ2n) is 7.86. The number of sulfone groups is 1. The minimum Gasteiger partial charge on any atom is -0.497 e. The van der Waals surface area contributed by atoms with Gasteiger partial charge in [0.25, 0.3) is 0 Å². The first kappa shape index (κ1) is 24.2. The molecule has 2 aromatic carbocycles. The molecule has 0 unspecified atom stereocenters. The molecule has 32 heavy (non-hydrogen) atoms. The van der Waals surface area contributed by atoms with Crippen LogP contribution in [0.4, 0.5) is 5.13 Å². The van der Waals surface area contributed by atoms with E-state index >= 15 is 0 Å². The number of carbonyl (C=O) groups is 1. The number of nitrogens with zero attached hydrogens (tertiary/aromatic N) is 3. The zero-order valence-corrected chi connectivity index (χ0v) is 20.5. The number of likely N-dealkylation sites (N-methyl/N-ethyl adjacent to an activating group) is 1. The first-order valence-corrected chi connectivity index (χ1v) is 12.9. The highest BCUT2D eigenvalue weighted by Crippen LogP contribution is 2.31. The molecule has 0 atom stereocenters. The highest BCUT2D eigenvalue weighted by Gasteiger charge is 2.22. The van der Waals surface area contributed by atoms with E-state index in [2.05, 4.69) is 0 Å². The summed E-state index contributed by atoms with van der Waals surface area (Å²) in [4.78, 5) is 21.7. The maximum atomic E-state index is 13.1. The Morgan fingerprint density at radius 1 is 1.09 bits per heavy atom. The molecule has 3 aromatic rings. The molecule has 0 aliphatic heterocycles. The van der Waals surface area contributed by atoms with E-state index in [9.17, 15) is 13.2 Å². The van der Waals surface area contributed by atoms with Gasteiger partial charge in [-0.1, -0.05) is 23.5 Å². The van der Waals surface area contributed by atoms with Crippen LogP contribution in [-0.4, -0.2) is 64.3 Å². The number of fused-ring (bicyclic) bond motifs is 1. The van der Waals surface area contributed by atoms with Gasteiger partial charge in [0.15, 0.2) is 15.0 Å². The standard InChI is InChI=1S/C23H29N3O4S2/c1-17-7-5-8-20-22(17)24-23(31-20)26(15-14-25(2)3)21(27)9-6-16-32(28,29)19-12-10-18(30-4)11-13-19/h5,7-8,10-13H,6,9,14-16H2,1-4H3. The fourth-order valence-corrected chi connectivity index (χ4v) is 5.66. The van der Waals surface area contributed by atoms with E-state index in [1.54, 1.807) is 17.0 Å². The lowest BCUT2D eigenvalue weighted by Crippen LogP contribution is -2.36. The van der Waals surface area contributed by atoms with Gasteiger partial charge >= 0.3 is 0 Å². The van der Waals surface area contributed by atoms with Crippen LogP contribution >= 0.6 is 11.3 Å². The van der Waals surface area contributed by atoms with Crippen LogP contribution in [-0.2, 0) is 14.6 Å². The summed E-state index contributed by atoms with van der Waals surface area (Å²) in [7, 11) is 1.96. The number of ether oxygens (including phenoxy) is 1. The third-order valence-corrected chi connectivity index (χ3v) is 7.99. The van der Waals surface area contributed by atoms with Gasteiger partial charge < -0.3 is 9.64 Å². The number of hydrogen-bond donors (Lipinski definition) is 0. The van der Waals surface area contributed by atoms with Crippen LogP contribution in [0, 0.1) is 6.92 Å². The normalized spacial score (nSPS) is 11.8. The Bertz CT molecular complexity index is 1170. The van der Waals surface area contributed by atoms with Gasteiger partial charge in [-0.05, 0) is 63.3 Å². The zero-order chi connectivity index (χ0) is 23.3. The quantitative estimate of drug-likeness (QED) is 0.444. The van der Waals surface area contributed by atoms with Crippen molar-refractivity contribution in [2.24, 2.45) is 0 Å². The largest absolute Gasteiger partial charge is 0.497 e. The lowest BCUT2D eigenvalue weighted by atomic mass is 10.2. The zero-order valence-electron chi connectivity index (χ0n) is 18.9. The number of amides is 1. The molecule has 0 aliphatic rings. The molecule has 0 fully saturated rings. The molecule has 0 N–H and O–H groups in total. The van der Waals surface area contributed by atoms with E-state index in [1.807, 2.05) is 44.1 Å². The van der Waals surface area contributed by atoms with Crippen molar-refractivity contribution in [1.82, 2.24) is 9.88 Å². The first-order valence-electron chi connectivity index (χ1n) is 10.4. The lowest BCUT2D eigenvalue weighted by Gasteiger charge is -2.22. The molecule has 1 heterocycles. The van der Waals surface area contributed by atoms with E-state index in [1.165, 1.54) is 30.6 Å². The molecule has 0 bridgehead atoms. The third kappa shape index (κ3) is 5.85. The average molecular weight is 476 g/mol. The van der Waals surface area contributed by atoms with Gasteiger partial charge in [0.05, 0.1) is 28.0 Å². The molecule has 0 spiro atoms. The smallest absolute Gasteiger partial charge is 0.228 e. The van der Waals surface area contributed by atoms with E-state index in [-0.39, 0.29) is 29.4 Å². The molecule has 0 radical (unpaired) electrons. The van der Waals surface area contributed by atoms with Crippen LogP contribution in [0.2, 0.25) is 0 Å². The summed E-state index contributed by atoms with van der Waals surface area (Å²) in [6.45, 7) is 3.18. The Labute approximate surface area is 193 Å². The predicted molar refractivity (Wildman–Crippen MR) is 130 cm³/mol. The van der Waals surface area contributed by atoms with Crippen molar-refractivity contribution >= 4 is 42.4 Å². The van der Waals surface area contributed by atoms with E-state index in [0.717, 1.165) is 15.8 Å². The van der Waals surface area contributed by atoms with Crippen molar-refractivity contribution in [2.45, 2.75) is 24.7 Å². The van der Waals surface area contributed by atoms with Crippen molar-refractivity contribution in [3.63, 3.8) is 0 Å². The molecule has 0 saturated carbocycles. The van der Waals surface area contributed by atoms with Crippen LogP contribution in [0.25, 0.3) is 10.2 Å². The number of aryl methyl sites for hydroxylation is 1. The van der Waals surface area contributed by atoms with Gasteiger partial charge in [-0.2, -0.15) is 0 Å². The Kier molecular flexibility index (Phi) is 7.86. The summed E-state index contributed by atoms with van der Waals surface area (Å²) in [5.74, 6) is 0.390. The lowest BCUT2D eigenvalue weighted by molar-refractivity contribution is -0.118. The summed E-state index contributed by atoms with van der Waals surface area (Å²) in [6.07, 6.45) is 0.382. The number of para-hydroxylation sites is 1. The molecule has 172 valence electrons. The van der Waals surface area contributed by atoms with Crippen LogP contribution in [0.5, 0.6) is 5.75 Å². The van der Waals surface area contributed by atoms with Gasteiger partial charge in [-0.3, -0.25) is 9.69 Å². The second-order valence-corrected chi connectivity index (χ2v) is 11.0. The molecule has 0 saturated heterocycles. The van der Waals surface area contributed by atoms with Crippen LogP contribution in [0.3, 0.4) is 0 Å². The van der Waals surface area contributed by atoms with Gasteiger partial charge in [-0.25, -0.2) is 13.4 Å². The van der Waals surface area contributed by atoms with Crippen molar-refractivity contribution in [2.75, 3.05) is 44.9 Å². The van der Waals surface area contributed by atoms with Crippen LogP contribution in [0.1, 0.15) is 18.4 Å². The van der Waals surface area contributed by atoms with Gasteiger partial charge in [-0.15, -0.1) is 0 Å². The molecule has 1 aromatic heterocycles. The molecule has 9 heteroatoms. The Balaban J connectivity index is 1.71. The molecule has 1 amide bonds. The molecular formula is C23H29N3O4S2. The van der Waals surface area contributed by atoms with Crippen molar-refractivity contribution in [1.29, 1.82) is 0 Å². The predicted octanol–water partition coefficient (Wildman–Crippen LogP) is 3.76. The SMILES string of the molecule is COc1ccc(S(=O)(=O)CCCC(=O)N(CCN(C)C)c2nc3c(C)cccc3s2)cc1. The number of carbonyl (C=O) groups excluding carboxylic acids is 1. The van der Waals surface area contributed by atoms with Crippen molar-refractivity contribution in [3.05, 3.63) is 48.0 Å². The summed E-state index contributed by atoms with van der Waals surface area (Å²) in [5.41, 5.74) is 1.97. The van der Waals surface area contributed by atoms with Crippen LogP contribution in [0.15, 0.2) is 47.4 Å². The Morgan fingerprint density at radius 3 is 2.44 bits per heavy atom. The highest BCUT2D eigenvalue weighted by atomic mass is 32.2. The number of rotatable bonds is 10. The fraction of sp³-hybridized carbons (Fsp3) is 0.391. The summed E-state index contributed by atoms with van der Waals surface area (Å²) < 4.78 is 31.4. The minimum atomic E-state index is -3.47. The number of thiazole rings is 1. The summed E-state index contributed by atoms with van der Waals surface area (Å²) in [5, 5.41) is 0.652. The van der Waals surface area contributed by atoms with Crippen LogP contribution < -0.4 is 9.64 Å². The average Bonchev–Trinajstić information content (AvgIpc) is 3.19. The fourth-order valence-electron chi connectivity index (χ4n) is 3.27. The Hall–Kier alpha value is -2.49.